The second-order valence-corrected chi connectivity index (χ2v) is 5.88. The van der Waals surface area contributed by atoms with Gasteiger partial charge in [-0.25, -0.2) is 4.79 Å². The highest BCUT2D eigenvalue weighted by Crippen LogP contribution is 2.21. The van der Waals surface area contributed by atoms with E-state index in [1.54, 1.807) is 43.2 Å². The molecule has 118 valence electrons. The summed E-state index contributed by atoms with van der Waals surface area (Å²) in [5, 5.41) is 20.3. The first kappa shape index (κ1) is 16.3. The number of hydrogen-bond acceptors (Lipinski definition) is 3. The van der Waals surface area contributed by atoms with E-state index in [0.717, 1.165) is 5.56 Å². The molecule has 0 saturated carbocycles. The van der Waals surface area contributed by atoms with Gasteiger partial charge in [0.1, 0.15) is 5.60 Å². The third kappa shape index (κ3) is 3.99. The molecule has 22 heavy (non-hydrogen) atoms. The quantitative estimate of drug-likeness (QED) is 0.808. The van der Waals surface area contributed by atoms with Gasteiger partial charge in [0.2, 0.25) is 0 Å². The maximum Gasteiger partial charge on any atom is 0.319 e. The van der Waals surface area contributed by atoms with Crippen LogP contribution in [0.1, 0.15) is 18.1 Å². The van der Waals surface area contributed by atoms with Gasteiger partial charge >= 0.3 is 6.03 Å². The minimum Gasteiger partial charge on any atom is -0.383 e. The number of amides is 2. The molecule has 0 radical (unpaired) electrons. The Bertz CT molecular complexity index is 682. The number of aliphatic hydroxyl groups is 1. The lowest BCUT2D eigenvalue weighted by Gasteiger charge is -2.22. The molecule has 2 aromatic rings. The number of halogens is 1. The predicted octanol–water partition coefficient (Wildman–Crippen LogP) is 2.41. The third-order valence-electron chi connectivity index (χ3n) is 3.37. The van der Waals surface area contributed by atoms with Crippen molar-refractivity contribution in [3.63, 3.8) is 0 Å². The molecule has 0 aliphatic carbocycles. The highest BCUT2D eigenvalue weighted by Gasteiger charge is 2.25. The summed E-state index contributed by atoms with van der Waals surface area (Å²) in [4.78, 5) is 12.0. The number of urea groups is 1. The number of anilines is 1. The van der Waals surface area contributed by atoms with E-state index in [1.165, 1.54) is 0 Å². The van der Waals surface area contributed by atoms with Crippen molar-refractivity contribution in [3.05, 3.63) is 46.7 Å². The molecule has 2 amide bonds. The number of hydrogen-bond donors (Lipinski definition) is 3. The molecule has 0 aliphatic heterocycles. The number of carbonyl (C=O) groups is 1. The molecule has 0 spiro atoms. The summed E-state index contributed by atoms with van der Waals surface area (Å²) in [6.45, 7) is 3.55. The maximum absolute atomic E-state index is 12.0. The topological polar surface area (TPSA) is 79.2 Å². The van der Waals surface area contributed by atoms with Crippen LogP contribution >= 0.6 is 11.6 Å². The van der Waals surface area contributed by atoms with Gasteiger partial charge in [-0.05, 0) is 31.5 Å². The number of benzene rings is 1. The molecule has 0 saturated heterocycles. The van der Waals surface area contributed by atoms with Crippen molar-refractivity contribution in [2.45, 2.75) is 19.4 Å². The molecule has 1 unspecified atom stereocenters. The van der Waals surface area contributed by atoms with Gasteiger partial charge in [0.05, 0.1) is 12.7 Å². The summed E-state index contributed by atoms with van der Waals surface area (Å²) in [7, 11) is 1.77. The molecule has 1 aromatic heterocycles. The molecule has 0 fully saturated rings. The highest BCUT2D eigenvalue weighted by molar-refractivity contribution is 6.31. The van der Waals surface area contributed by atoms with Gasteiger partial charge in [-0.2, -0.15) is 5.10 Å². The van der Waals surface area contributed by atoms with Crippen LogP contribution in [0.5, 0.6) is 0 Å². The van der Waals surface area contributed by atoms with Crippen molar-refractivity contribution in [2.75, 3.05) is 11.9 Å². The van der Waals surface area contributed by atoms with Crippen LogP contribution < -0.4 is 10.6 Å². The minimum absolute atomic E-state index is 0.0597. The molecule has 1 heterocycles. The second kappa shape index (κ2) is 6.37. The first-order valence-electron chi connectivity index (χ1n) is 6.80. The molecule has 3 N–H and O–H groups in total. The normalized spacial score (nSPS) is 13.5. The Balaban J connectivity index is 1.96. The van der Waals surface area contributed by atoms with Crippen LogP contribution in [0.15, 0.2) is 30.6 Å². The first-order valence-corrected chi connectivity index (χ1v) is 7.18. The van der Waals surface area contributed by atoms with E-state index in [2.05, 4.69) is 15.7 Å². The third-order valence-corrected chi connectivity index (χ3v) is 3.60. The molecular formula is C15H19ClN4O2. The number of aryl methyl sites for hydroxylation is 2. The Kier molecular flexibility index (Phi) is 4.73. The Morgan fingerprint density at radius 3 is 2.86 bits per heavy atom. The Hall–Kier alpha value is -2.05. The summed E-state index contributed by atoms with van der Waals surface area (Å²) in [6.07, 6.45) is 3.28. The lowest BCUT2D eigenvalue weighted by molar-refractivity contribution is 0.0599. The molecule has 6 nitrogen and oxygen atoms in total. The van der Waals surface area contributed by atoms with Crippen molar-refractivity contribution in [2.24, 2.45) is 7.05 Å². The van der Waals surface area contributed by atoms with Crippen LogP contribution in [-0.4, -0.2) is 27.5 Å². The molecule has 0 bridgehead atoms. The zero-order chi connectivity index (χ0) is 16.3. The van der Waals surface area contributed by atoms with Crippen LogP contribution in [0.3, 0.4) is 0 Å². The summed E-state index contributed by atoms with van der Waals surface area (Å²) in [6, 6.07) is 4.85. The molecular weight excluding hydrogens is 304 g/mol. The smallest absolute Gasteiger partial charge is 0.319 e. The molecule has 7 heteroatoms. The van der Waals surface area contributed by atoms with Gasteiger partial charge in [0.25, 0.3) is 0 Å². The zero-order valence-electron chi connectivity index (χ0n) is 12.7. The fraction of sp³-hybridized carbons (Fsp3) is 0.333. The van der Waals surface area contributed by atoms with E-state index >= 15 is 0 Å². The van der Waals surface area contributed by atoms with E-state index in [4.69, 9.17) is 11.6 Å². The van der Waals surface area contributed by atoms with Crippen LogP contribution in [0.25, 0.3) is 0 Å². The fourth-order valence-electron chi connectivity index (χ4n) is 1.95. The van der Waals surface area contributed by atoms with Gasteiger partial charge < -0.3 is 15.7 Å². The van der Waals surface area contributed by atoms with Crippen molar-refractivity contribution in [1.29, 1.82) is 0 Å². The van der Waals surface area contributed by atoms with Gasteiger partial charge in [-0.1, -0.05) is 17.7 Å². The van der Waals surface area contributed by atoms with E-state index < -0.39 is 11.6 Å². The van der Waals surface area contributed by atoms with Gasteiger partial charge in [-0.15, -0.1) is 0 Å². The summed E-state index contributed by atoms with van der Waals surface area (Å²) in [5.74, 6) is 0. The summed E-state index contributed by atoms with van der Waals surface area (Å²) in [5.41, 5.74) is 0.966. The minimum atomic E-state index is -1.20. The van der Waals surface area contributed by atoms with Crippen molar-refractivity contribution >= 4 is 23.3 Å². The predicted molar refractivity (Wildman–Crippen MR) is 86.0 cm³/mol. The summed E-state index contributed by atoms with van der Waals surface area (Å²) < 4.78 is 1.60. The van der Waals surface area contributed by atoms with Gasteiger partial charge in [0.15, 0.2) is 0 Å². The van der Waals surface area contributed by atoms with Crippen LogP contribution in [-0.2, 0) is 12.6 Å². The van der Waals surface area contributed by atoms with Crippen LogP contribution in [0.4, 0.5) is 10.5 Å². The van der Waals surface area contributed by atoms with Crippen LogP contribution in [0, 0.1) is 6.92 Å². The number of nitrogens with one attached hydrogen (secondary N) is 2. The number of rotatable bonds is 4. The molecule has 2 rings (SSSR count). The molecule has 0 aliphatic rings. The van der Waals surface area contributed by atoms with E-state index in [0.29, 0.717) is 16.3 Å². The lowest BCUT2D eigenvalue weighted by atomic mass is 10.00. The Morgan fingerprint density at radius 2 is 2.23 bits per heavy atom. The zero-order valence-corrected chi connectivity index (χ0v) is 13.5. The first-order chi connectivity index (χ1) is 10.3. The van der Waals surface area contributed by atoms with E-state index in [-0.39, 0.29) is 6.54 Å². The average molecular weight is 323 g/mol. The fourth-order valence-corrected chi connectivity index (χ4v) is 2.12. The average Bonchev–Trinajstić information content (AvgIpc) is 2.88. The maximum atomic E-state index is 12.0. The number of carbonyl (C=O) groups excluding carboxylic acids is 1. The number of nitrogens with zero attached hydrogens (tertiary/aromatic N) is 2. The van der Waals surface area contributed by atoms with E-state index in [1.807, 2.05) is 13.0 Å². The van der Waals surface area contributed by atoms with E-state index in [9.17, 15) is 9.90 Å². The lowest BCUT2D eigenvalue weighted by Crippen LogP contribution is -2.40. The number of aromatic nitrogens is 2. The molecule has 1 atom stereocenters. The standard InChI is InChI=1S/C15H19ClN4O2/c1-10-4-5-12(16)6-13(10)19-14(21)17-9-15(2,22)11-7-18-20(3)8-11/h4-8,22H,9H2,1-3H3,(H2,17,19,21). The second-order valence-electron chi connectivity index (χ2n) is 5.44. The van der Waals surface area contributed by atoms with Crippen molar-refractivity contribution < 1.29 is 9.90 Å². The largest absolute Gasteiger partial charge is 0.383 e. The van der Waals surface area contributed by atoms with Crippen molar-refractivity contribution in [1.82, 2.24) is 15.1 Å². The monoisotopic (exact) mass is 322 g/mol. The SMILES string of the molecule is Cc1ccc(Cl)cc1NC(=O)NCC(C)(O)c1cnn(C)c1. The highest BCUT2D eigenvalue weighted by atomic mass is 35.5. The molecule has 1 aromatic carbocycles. The van der Waals surface area contributed by atoms with Crippen molar-refractivity contribution in [3.8, 4) is 0 Å². The Labute approximate surface area is 134 Å². The summed E-state index contributed by atoms with van der Waals surface area (Å²) >= 11 is 5.91. The van der Waals surface area contributed by atoms with Gasteiger partial charge in [0, 0.05) is 29.5 Å². The van der Waals surface area contributed by atoms with Gasteiger partial charge in [-0.3, -0.25) is 4.68 Å². The Morgan fingerprint density at radius 1 is 1.50 bits per heavy atom. The van der Waals surface area contributed by atoms with Crippen LogP contribution in [0.2, 0.25) is 5.02 Å².